The monoisotopic (exact) mass is 251 g/mol. The van der Waals surface area contributed by atoms with E-state index < -0.39 is 0 Å². The van der Waals surface area contributed by atoms with Gasteiger partial charge in [0.05, 0.1) is 0 Å². The molecule has 1 aromatic rings. The lowest BCUT2D eigenvalue weighted by Gasteiger charge is -2.12. The van der Waals surface area contributed by atoms with Gasteiger partial charge in [0.25, 0.3) is 5.91 Å². The second-order valence-corrected chi connectivity index (χ2v) is 3.85. The van der Waals surface area contributed by atoms with Gasteiger partial charge in [-0.25, -0.2) is 9.78 Å². The zero-order valence-corrected chi connectivity index (χ0v) is 10.4. The third-order valence-electron chi connectivity index (χ3n) is 2.14. The van der Waals surface area contributed by atoms with Crippen LogP contribution in [0.5, 0.6) is 0 Å². The van der Waals surface area contributed by atoms with Crippen LogP contribution in [0.2, 0.25) is 0 Å². The van der Waals surface area contributed by atoms with E-state index in [4.69, 9.17) is 5.73 Å². The van der Waals surface area contributed by atoms with E-state index >= 15 is 0 Å². The van der Waals surface area contributed by atoms with Gasteiger partial charge in [-0.15, -0.1) is 0 Å². The molecule has 0 aliphatic rings. The summed E-state index contributed by atoms with van der Waals surface area (Å²) in [6.07, 6.45) is 1.47. The molecule has 1 rings (SSSR count). The van der Waals surface area contributed by atoms with E-state index in [1.165, 1.54) is 17.2 Å². The summed E-state index contributed by atoms with van der Waals surface area (Å²) in [7, 11) is 3.29. The van der Waals surface area contributed by atoms with E-state index in [0.717, 1.165) is 0 Å². The molecule has 0 fully saturated rings. The molecule has 0 aromatic carbocycles. The Morgan fingerprint density at radius 1 is 1.33 bits per heavy atom. The van der Waals surface area contributed by atoms with Crippen LogP contribution in [0.3, 0.4) is 0 Å². The highest BCUT2D eigenvalue weighted by Gasteiger charge is 2.06. The van der Waals surface area contributed by atoms with Crippen LogP contribution >= 0.6 is 0 Å². The SMILES string of the molecule is CN(C)C(=O)NCCNC(=O)c1ccnc(N)c1. The summed E-state index contributed by atoms with van der Waals surface area (Å²) >= 11 is 0. The van der Waals surface area contributed by atoms with Gasteiger partial charge in [0.2, 0.25) is 0 Å². The van der Waals surface area contributed by atoms with Crippen LogP contribution in [0.4, 0.5) is 10.6 Å². The Hall–Kier alpha value is -2.31. The molecule has 1 aromatic heterocycles. The second kappa shape index (κ2) is 6.43. The van der Waals surface area contributed by atoms with Crippen molar-refractivity contribution in [2.24, 2.45) is 0 Å². The van der Waals surface area contributed by atoms with Crippen LogP contribution in [0.1, 0.15) is 10.4 Å². The molecule has 7 heteroatoms. The Labute approximate surface area is 105 Å². The first kappa shape index (κ1) is 13.8. The van der Waals surface area contributed by atoms with E-state index in [-0.39, 0.29) is 11.9 Å². The zero-order valence-electron chi connectivity index (χ0n) is 10.4. The summed E-state index contributed by atoms with van der Waals surface area (Å²) in [6.45, 7) is 0.712. The summed E-state index contributed by atoms with van der Waals surface area (Å²) in [5, 5.41) is 5.30. The molecule has 3 amide bonds. The van der Waals surface area contributed by atoms with Crippen molar-refractivity contribution in [1.29, 1.82) is 0 Å². The highest BCUT2D eigenvalue weighted by Crippen LogP contribution is 2.01. The number of amides is 3. The van der Waals surface area contributed by atoms with Crippen LogP contribution in [0.25, 0.3) is 0 Å². The molecule has 4 N–H and O–H groups in total. The summed E-state index contributed by atoms with van der Waals surface area (Å²) in [6, 6.07) is 2.87. The van der Waals surface area contributed by atoms with Crippen molar-refractivity contribution in [3.63, 3.8) is 0 Å². The summed E-state index contributed by atoms with van der Waals surface area (Å²) < 4.78 is 0. The van der Waals surface area contributed by atoms with E-state index in [0.29, 0.717) is 24.5 Å². The van der Waals surface area contributed by atoms with E-state index in [9.17, 15) is 9.59 Å². The van der Waals surface area contributed by atoms with Crippen molar-refractivity contribution >= 4 is 17.8 Å². The number of rotatable bonds is 4. The lowest BCUT2D eigenvalue weighted by molar-refractivity contribution is 0.0953. The first-order chi connectivity index (χ1) is 8.50. The number of pyridine rings is 1. The van der Waals surface area contributed by atoms with Crippen molar-refractivity contribution < 1.29 is 9.59 Å². The molecule has 7 nitrogen and oxygen atoms in total. The van der Waals surface area contributed by atoms with Crippen molar-refractivity contribution in [2.45, 2.75) is 0 Å². The van der Waals surface area contributed by atoms with Gasteiger partial charge in [-0.1, -0.05) is 0 Å². The number of hydrogen-bond donors (Lipinski definition) is 3. The molecule has 0 aliphatic heterocycles. The molecule has 1 heterocycles. The fourth-order valence-electron chi connectivity index (χ4n) is 1.20. The van der Waals surface area contributed by atoms with Gasteiger partial charge >= 0.3 is 6.03 Å². The number of aromatic nitrogens is 1. The second-order valence-electron chi connectivity index (χ2n) is 3.85. The summed E-state index contributed by atoms with van der Waals surface area (Å²) in [5.41, 5.74) is 5.92. The predicted molar refractivity (Wildman–Crippen MR) is 68.1 cm³/mol. The molecule has 0 spiro atoms. The number of nitrogens with two attached hydrogens (primary N) is 1. The van der Waals surface area contributed by atoms with Crippen molar-refractivity contribution in [2.75, 3.05) is 32.9 Å². The van der Waals surface area contributed by atoms with Crippen LogP contribution < -0.4 is 16.4 Å². The highest BCUT2D eigenvalue weighted by molar-refractivity contribution is 5.94. The predicted octanol–water partition coefficient (Wildman–Crippen LogP) is -0.335. The molecule has 0 saturated heterocycles. The normalized spacial score (nSPS) is 9.67. The molecule has 0 saturated carbocycles. The minimum absolute atomic E-state index is 0.197. The number of nitrogens with one attached hydrogen (secondary N) is 2. The Balaban J connectivity index is 2.32. The quantitative estimate of drug-likeness (QED) is 0.637. The topological polar surface area (TPSA) is 100 Å². The fraction of sp³-hybridized carbons (Fsp3) is 0.364. The average molecular weight is 251 g/mol. The molecule has 0 radical (unpaired) electrons. The number of hydrogen-bond acceptors (Lipinski definition) is 4. The number of nitrogens with zero attached hydrogens (tertiary/aromatic N) is 2. The van der Waals surface area contributed by atoms with Crippen molar-refractivity contribution in [1.82, 2.24) is 20.5 Å². The Morgan fingerprint density at radius 3 is 2.61 bits per heavy atom. The molecule has 0 bridgehead atoms. The van der Waals surface area contributed by atoms with Crippen LogP contribution in [-0.2, 0) is 0 Å². The van der Waals surface area contributed by atoms with Crippen molar-refractivity contribution in [3.05, 3.63) is 23.9 Å². The summed E-state index contributed by atoms with van der Waals surface area (Å²) in [4.78, 5) is 28.1. The number of anilines is 1. The van der Waals surface area contributed by atoms with Gasteiger partial charge in [-0.2, -0.15) is 0 Å². The first-order valence-corrected chi connectivity index (χ1v) is 5.45. The van der Waals surface area contributed by atoms with Gasteiger partial charge in [0, 0.05) is 38.9 Å². The smallest absolute Gasteiger partial charge is 0.316 e. The third-order valence-corrected chi connectivity index (χ3v) is 2.14. The maximum Gasteiger partial charge on any atom is 0.316 e. The number of nitrogen functional groups attached to an aromatic ring is 1. The van der Waals surface area contributed by atoms with E-state index in [1.807, 2.05) is 0 Å². The maximum atomic E-state index is 11.7. The van der Waals surface area contributed by atoms with Crippen molar-refractivity contribution in [3.8, 4) is 0 Å². The van der Waals surface area contributed by atoms with E-state index in [2.05, 4.69) is 15.6 Å². The average Bonchev–Trinajstić information content (AvgIpc) is 2.33. The molecule has 0 unspecified atom stereocenters. The fourth-order valence-corrected chi connectivity index (χ4v) is 1.20. The van der Waals surface area contributed by atoms with Gasteiger partial charge in [0.1, 0.15) is 5.82 Å². The van der Waals surface area contributed by atoms with E-state index in [1.54, 1.807) is 20.2 Å². The highest BCUT2D eigenvalue weighted by atomic mass is 16.2. The minimum atomic E-state index is -0.247. The number of urea groups is 1. The molecule has 0 aliphatic carbocycles. The van der Waals surface area contributed by atoms with Gasteiger partial charge in [-0.05, 0) is 12.1 Å². The number of carbonyl (C=O) groups is 2. The standard InChI is InChI=1S/C11H17N5O2/c1-16(2)11(18)15-6-5-14-10(17)8-3-4-13-9(12)7-8/h3-4,7H,5-6H2,1-2H3,(H2,12,13)(H,14,17)(H,15,18). The lowest BCUT2D eigenvalue weighted by Crippen LogP contribution is -2.39. The lowest BCUT2D eigenvalue weighted by atomic mass is 10.2. The molecule has 98 valence electrons. The van der Waals surface area contributed by atoms with Crippen LogP contribution in [-0.4, -0.2) is 49.0 Å². The van der Waals surface area contributed by atoms with Gasteiger partial charge < -0.3 is 21.3 Å². The largest absolute Gasteiger partial charge is 0.384 e. The van der Waals surface area contributed by atoms with Crippen LogP contribution in [0.15, 0.2) is 18.3 Å². The Bertz CT molecular complexity index is 433. The Kier molecular flexibility index (Phi) is 4.91. The molecular formula is C11H17N5O2. The van der Waals surface area contributed by atoms with Gasteiger partial charge in [-0.3, -0.25) is 4.79 Å². The molecule has 18 heavy (non-hydrogen) atoms. The number of carbonyl (C=O) groups excluding carboxylic acids is 2. The maximum absolute atomic E-state index is 11.7. The molecule has 0 atom stereocenters. The first-order valence-electron chi connectivity index (χ1n) is 5.45. The van der Waals surface area contributed by atoms with Gasteiger partial charge in [0.15, 0.2) is 0 Å². The molecular weight excluding hydrogens is 234 g/mol. The third kappa shape index (κ3) is 4.28. The summed E-state index contributed by atoms with van der Waals surface area (Å²) in [5.74, 6) is 0.0479. The Morgan fingerprint density at radius 2 is 2.00 bits per heavy atom. The zero-order chi connectivity index (χ0) is 13.5. The minimum Gasteiger partial charge on any atom is -0.384 e. The van der Waals surface area contributed by atoms with Crippen LogP contribution in [0, 0.1) is 0 Å².